The SMILES string of the molecule is CN1C(=O)CC(NC(=O)NCC2(CC(=O)O)CCC2)C1=O. The maximum absolute atomic E-state index is 11.8. The number of likely N-dealkylation sites (N-methyl/N-ethyl adjacent to an activating group) is 1. The van der Waals surface area contributed by atoms with Gasteiger partial charge in [-0.1, -0.05) is 6.42 Å². The molecular weight excluding hydrogens is 278 g/mol. The number of amides is 4. The standard InChI is InChI=1S/C13H19N3O5/c1-16-9(17)5-8(11(16)20)15-12(21)14-7-13(3-2-4-13)6-10(18)19/h8H,2-7H2,1H3,(H,18,19)(H2,14,15,21). The van der Waals surface area contributed by atoms with E-state index in [2.05, 4.69) is 10.6 Å². The van der Waals surface area contributed by atoms with Gasteiger partial charge in [0.2, 0.25) is 5.91 Å². The number of carbonyl (C=O) groups excluding carboxylic acids is 3. The minimum Gasteiger partial charge on any atom is -0.481 e. The second-order valence-electron chi connectivity index (χ2n) is 5.80. The molecule has 1 unspecified atom stereocenters. The molecule has 8 nitrogen and oxygen atoms in total. The van der Waals surface area contributed by atoms with Crippen molar-refractivity contribution in [1.29, 1.82) is 0 Å². The molecule has 1 saturated heterocycles. The van der Waals surface area contributed by atoms with Gasteiger partial charge >= 0.3 is 12.0 Å². The van der Waals surface area contributed by atoms with E-state index in [1.165, 1.54) is 7.05 Å². The molecule has 2 fully saturated rings. The monoisotopic (exact) mass is 297 g/mol. The van der Waals surface area contributed by atoms with E-state index in [1.807, 2.05) is 0 Å². The Morgan fingerprint density at radius 3 is 2.48 bits per heavy atom. The molecule has 0 aromatic heterocycles. The average molecular weight is 297 g/mol. The Morgan fingerprint density at radius 1 is 1.38 bits per heavy atom. The molecule has 1 heterocycles. The molecule has 0 aromatic rings. The second kappa shape index (κ2) is 5.71. The van der Waals surface area contributed by atoms with Gasteiger partial charge in [0.05, 0.1) is 12.8 Å². The Kier molecular flexibility index (Phi) is 4.15. The third kappa shape index (κ3) is 3.32. The Hall–Kier alpha value is -2.12. The average Bonchev–Trinajstić information content (AvgIpc) is 2.60. The van der Waals surface area contributed by atoms with Crippen molar-refractivity contribution in [3.8, 4) is 0 Å². The van der Waals surface area contributed by atoms with Crippen molar-refractivity contribution < 1.29 is 24.3 Å². The van der Waals surface area contributed by atoms with Gasteiger partial charge in [0.15, 0.2) is 0 Å². The fourth-order valence-electron chi connectivity index (χ4n) is 2.76. The number of carboxylic acids is 1. The number of carboxylic acid groups (broad SMARTS) is 1. The highest BCUT2D eigenvalue weighted by Gasteiger charge is 2.40. The molecule has 116 valence electrons. The predicted molar refractivity (Wildman–Crippen MR) is 71.3 cm³/mol. The summed E-state index contributed by atoms with van der Waals surface area (Å²) < 4.78 is 0. The zero-order valence-corrected chi connectivity index (χ0v) is 11.8. The first-order valence-electron chi connectivity index (χ1n) is 6.90. The summed E-state index contributed by atoms with van der Waals surface area (Å²) in [6.45, 7) is 0.260. The van der Waals surface area contributed by atoms with E-state index in [0.29, 0.717) is 0 Å². The van der Waals surface area contributed by atoms with Gasteiger partial charge in [-0.2, -0.15) is 0 Å². The Morgan fingerprint density at radius 2 is 2.05 bits per heavy atom. The number of rotatable bonds is 5. The summed E-state index contributed by atoms with van der Waals surface area (Å²) in [4.78, 5) is 46.6. The van der Waals surface area contributed by atoms with Crippen LogP contribution in [0, 0.1) is 5.41 Å². The van der Waals surface area contributed by atoms with Crippen LogP contribution >= 0.6 is 0 Å². The molecule has 0 radical (unpaired) electrons. The lowest BCUT2D eigenvalue weighted by Gasteiger charge is -2.40. The van der Waals surface area contributed by atoms with Gasteiger partial charge in [-0.15, -0.1) is 0 Å². The Balaban J connectivity index is 1.81. The number of nitrogens with zero attached hydrogens (tertiary/aromatic N) is 1. The van der Waals surface area contributed by atoms with Crippen molar-refractivity contribution in [3.05, 3.63) is 0 Å². The van der Waals surface area contributed by atoms with Crippen LogP contribution in [-0.2, 0) is 14.4 Å². The van der Waals surface area contributed by atoms with Crippen molar-refractivity contribution in [2.24, 2.45) is 5.41 Å². The molecule has 8 heteroatoms. The van der Waals surface area contributed by atoms with E-state index in [-0.39, 0.29) is 30.7 Å². The molecular formula is C13H19N3O5. The van der Waals surface area contributed by atoms with Crippen LogP contribution in [-0.4, -0.2) is 53.5 Å². The van der Waals surface area contributed by atoms with Gasteiger partial charge in [-0.25, -0.2) is 4.79 Å². The lowest BCUT2D eigenvalue weighted by molar-refractivity contribution is -0.141. The molecule has 4 amide bonds. The number of aliphatic carboxylic acids is 1. The molecule has 21 heavy (non-hydrogen) atoms. The van der Waals surface area contributed by atoms with E-state index in [4.69, 9.17) is 5.11 Å². The van der Waals surface area contributed by atoms with Crippen molar-refractivity contribution in [1.82, 2.24) is 15.5 Å². The van der Waals surface area contributed by atoms with Gasteiger partial charge in [0.1, 0.15) is 6.04 Å². The van der Waals surface area contributed by atoms with E-state index < -0.39 is 23.9 Å². The van der Waals surface area contributed by atoms with Crippen LogP contribution in [0.2, 0.25) is 0 Å². The largest absolute Gasteiger partial charge is 0.481 e. The molecule has 1 atom stereocenters. The highest BCUT2D eigenvalue weighted by Crippen LogP contribution is 2.43. The topological polar surface area (TPSA) is 116 Å². The summed E-state index contributed by atoms with van der Waals surface area (Å²) in [6.07, 6.45) is 2.48. The fraction of sp³-hybridized carbons (Fsp3) is 0.692. The van der Waals surface area contributed by atoms with Gasteiger partial charge in [-0.3, -0.25) is 19.3 Å². The number of urea groups is 1. The molecule has 1 aliphatic carbocycles. The van der Waals surface area contributed by atoms with E-state index in [9.17, 15) is 19.2 Å². The van der Waals surface area contributed by atoms with Gasteiger partial charge in [0, 0.05) is 13.6 Å². The van der Waals surface area contributed by atoms with Gasteiger partial charge in [-0.05, 0) is 18.3 Å². The molecule has 0 spiro atoms. The number of carbonyl (C=O) groups is 4. The van der Waals surface area contributed by atoms with Crippen LogP contribution < -0.4 is 10.6 Å². The highest BCUT2D eigenvalue weighted by molar-refractivity contribution is 6.06. The Bertz CT molecular complexity index is 486. The van der Waals surface area contributed by atoms with Crippen molar-refractivity contribution in [3.63, 3.8) is 0 Å². The molecule has 2 aliphatic rings. The highest BCUT2D eigenvalue weighted by atomic mass is 16.4. The van der Waals surface area contributed by atoms with Gasteiger partial charge < -0.3 is 15.7 Å². The molecule has 3 N–H and O–H groups in total. The van der Waals surface area contributed by atoms with E-state index >= 15 is 0 Å². The normalized spacial score (nSPS) is 23.7. The minimum atomic E-state index is -0.880. The summed E-state index contributed by atoms with van der Waals surface area (Å²) in [7, 11) is 1.38. The van der Waals surface area contributed by atoms with Crippen LogP contribution in [0.3, 0.4) is 0 Å². The molecule has 2 rings (SSSR count). The number of imide groups is 1. The number of nitrogens with one attached hydrogen (secondary N) is 2. The van der Waals surface area contributed by atoms with Crippen LogP contribution in [0.4, 0.5) is 4.79 Å². The fourth-order valence-corrected chi connectivity index (χ4v) is 2.76. The summed E-state index contributed by atoms with van der Waals surface area (Å²) in [5, 5.41) is 14.0. The quantitative estimate of drug-likeness (QED) is 0.602. The van der Waals surface area contributed by atoms with Crippen molar-refractivity contribution in [2.75, 3.05) is 13.6 Å². The maximum Gasteiger partial charge on any atom is 0.315 e. The Labute approximate surface area is 121 Å². The molecule has 0 aromatic carbocycles. The minimum absolute atomic E-state index is 0.0247. The maximum atomic E-state index is 11.8. The van der Waals surface area contributed by atoms with E-state index in [0.717, 1.165) is 24.2 Å². The first-order chi connectivity index (χ1) is 9.83. The summed E-state index contributed by atoms with van der Waals surface area (Å²) in [6, 6.07) is -1.38. The number of likely N-dealkylation sites (tertiary alicyclic amines) is 1. The summed E-state index contributed by atoms with van der Waals surface area (Å²) >= 11 is 0. The van der Waals surface area contributed by atoms with Crippen LogP contribution in [0.5, 0.6) is 0 Å². The van der Waals surface area contributed by atoms with Crippen molar-refractivity contribution >= 4 is 23.8 Å². The zero-order chi connectivity index (χ0) is 15.6. The first-order valence-corrected chi connectivity index (χ1v) is 6.90. The van der Waals surface area contributed by atoms with Crippen molar-refractivity contribution in [2.45, 2.75) is 38.1 Å². The number of hydrogen-bond donors (Lipinski definition) is 3. The number of hydrogen-bond acceptors (Lipinski definition) is 4. The smallest absolute Gasteiger partial charge is 0.315 e. The molecule has 1 saturated carbocycles. The third-order valence-corrected chi connectivity index (χ3v) is 4.25. The molecule has 0 bridgehead atoms. The second-order valence-corrected chi connectivity index (χ2v) is 5.80. The molecule has 1 aliphatic heterocycles. The lowest BCUT2D eigenvalue weighted by atomic mass is 9.66. The first kappa shape index (κ1) is 15.3. The van der Waals surface area contributed by atoms with Crippen LogP contribution in [0.25, 0.3) is 0 Å². The predicted octanol–water partition coefficient (Wildman–Crippen LogP) is -0.312. The van der Waals surface area contributed by atoms with Crippen LogP contribution in [0.1, 0.15) is 32.1 Å². The lowest BCUT2D eigenvalue weighted by Crippen LogP contribution is -2.50. The van der Waals surface area contributed by atoms with Gasteiger partial charge in [0.25, 0.3) is 5.91 Å². The van der Waals surface area contributed by atoms with E-state index in [1.54, 1.807) is 0 Å². The van der Waals surface area contributed by atoms with Crippen LogP contribution in [0.15, 0.2) is 0 Å². The summed E-state index contributed by atoms with van der Waals surface area (Å²) in [5.41, 5.74) is -0.379. The zero-order valence-electron chi connectivity index (χ0n) is 11.8. The summed E-state index contributed by atoms with van der Waals surface area (Å²) in [5.74, 6) is -1.64. The third-order valence-electron chi connectivity index (χ3n) is 4.25.